The van der Waals surface area contributed by atoms with Gasteiger partial charge in [-0.15, -0.1) is 0 Å². The highest BCUT2D eigenvalue weighted by atomic mass is 16.3. The first kappa shape index (κ1) is 9.58. The fourth-order valence-electron chi connectivity index (χ4n) is 1.37. The highest BCUT2D eigenvalue weighted by Crippen LogP contribution is 2.16. The molecule has 0 fully saturated rings. The minimum atomic E-state index is 0.263. The molecule has 1 aromatic heterocycles. The van der Waals surface area contributed by atoms with Crippen molar-refractivity contribution >= 4 is 5.69 Å². The van der Waals surface area contributed by atoms with E-state index in [1.165, 1.54) is 0 Å². The molecule has 0 atom stereocenters. The van der Waals surface area contributed by atoms with Crippen molar-refractivity contribution in [3.63, 3.8) is 0 Å². The number of phenols is 1. The Labute approximate surface area is 88.0 Å². The summed E-state index contributed by atoms with van der Waals surface area (Å²) in [5.41, 5.74) is 2.93. The normalized spacial score (nSPS) is 10.2. The van der Waals surface area contributed by atoms with E-state index >= 15 is 0 Å². The maximum atomic E-state index is 9.26. The summed E-state index contributed by atoms with van der Waals surface area (Å²) in [5, 5.41) is 12.4. The van der Waals surface area contributed by atoms with Crippen LogP contribution in [0.2, 0.25) is 0 Å². The fourth-order valence-corrected chi connectivity index (χ4v) is 1.37. The molecule has 4 nitrogen and oxygen atoms in total. The Hall–Kier alpha value is -1.97. The Bertz CT molecular complexity index is 451. The highest BCUT2D eigenvalue weighted by Gasteiger charge is 2.00. The Morgan fingerprint density at radius 2 is 2.33 bits per heavy atom. The number of H-pyrrole nitrogens is 1. The predicted octanol–water partition coefficient (Wildman–Crippen LogP) is 2.04. The fraction of sp³-hybridized carbons (Fsp3) is 0.182. The van der Waals surface area contributed by atoms with Gasteiger partial charge >= 0.3 is 0 Å². The van der Waals surface area contributed by atoms with Crippen molar-refractivity contribution in [3.05, 3.63) is 42.0 Å². The third-order valence-electron chi connectivity index (χ3n) is 2.24. The number of aromatic hydroxyl groups is 1. The van der Waals surface area contributed by atoms with Crippen LogP contribution in [-0.4, -0.2) is 15.1 Å². The van der Waals surface area contributed by atoms with Gasteiger partial charge in [0.2, 0.25) is 0 Å². The number of hydrogen-bond donors (Lipinski definition) is 3. The SMILES string of the molecule is Cc1[nH]cnc1CNc1cccc(O)c1. The standard InChI is InChI=1S/C11H13N3O/c1-8-11(14-7-13-8)6-12-9-3-2-4-10(15)5-9/h2-5,7,12,15H,6H2,1H3,(H,13,14). The second kappa shape index (κ2) is 4.04. The lowest BCUT2D eigenvalue weighted by Gasteiger charge is -2.05. The average molecular weight is 203 g/mol. The van der Waals surface area contributed by atoms with E-state index in [9.17, 15) is 5.11 Å². The number of rotatable bonds is 3. The lowest BCUT2D eigenvalue weighted by Crippen LogP contribution is -2.00. The number of aromatic amines is 1. The number of nitrogens with zero attached hydrogens (tertiary/aromatic N) is 1. The molecule has 0 saturated carbocycles. The van der Waals surface area contributed by atoms with E-state index in [2.05, 4.69) is 15.3 Å². The van der Waals surface area contributed by atoms with Crippen molar-refractivity contribution in [2.24, 2.45) is 0 Å². The largest absolute Gasteiger partial charge is 0.508 e. The first-order valence-electron chi connectivity index (χ1n) is 4.77. The molecule has 4 heteroatoms. The van der Waals surface area contributed by atoms with Gasteiger partial charge in [-0.3, -0.25) is 0 Å². The van der Waals surface area contributed by atoms with Gasteiger partial charge in [0.05, 0.1) is 18.6 Å². The topological polar surface area (TPSA) is 60.9 Å². The van der Waals surface area contributed by atoms with E-state index in [1.807, 2.05) is 13.0 Å². The van der Waals surface area contributed by atoms with Crippen molar-refractivity contribution in [3.8, 4) is 5.75 Å². The van der Waals surface area contributed by atoms with Crippen molar-refractivity contribution < 1.29 is 5.11 Å². The quantitative estimate of drug-likeness (QED) is 0.715. The molecular weight excluding hydrogens is 190 g/mol. The third-order valence-corrected chi connectivity index (χ3v) is 2.24. The molecule has 0 radical (unpaired) electrons. The van der Waals surface area contributed by atoms with Gasteiger partial charge in [-0.05, 0) is 19.1 Å². The molecular formula is C11H13N3O. The number of imidazole rings is 1. The Morgan fingerprint density at radius 3 is 3.00 bits per heavy atom. The molecule has 0 unspecified atom stereocenters. The second-order valence-corrected chi connectivity index (χ2v) is 3.38. The predicted molar refractivity (Wildman–Crippen MR) is 58.8 cm³/mol. The molecule has 78 valence electrons. The van der Waals surface area contributed by atoms with Crippen LogP contribution in [0.1, 0.15) is 11.4 Å². The lowest BCUT2D eigenvalue weighted by molar-refractivity contribution is 0.475. The van der Waals surface area contributed by atoms with Gasteiger partial charge in [-0.2, -0.15) is 0 Å². The molecule has 0 aliphatic rings. The molecule has 0 bridgehead atoms. The molecule has 2 aromatic rings. The molecule has 0 aliphatic heterocycles. The zero-order valence-corrected chi connectivity index (χ0v) is 8.49. The number of hydrogen-bond acceptors (Lipinski definition) is 3. The van der Waals surface area contributed by atoms with Crippen molar-refractivity contribution in [1.82, 2.24) is 9.97 Å². The number of anilines is 1. The van der Waals surface area contributed by atoms with E-state index in [0.29, 0.717) is 6.54 Å². The molecule has 15 heavy (non-hydrogen) atoms. The van der Waals surface area contributed by atoms with Crippen LogP contribution in [-0.2, 0) is 6.54 Å². The van der Waals surface area contributed by atoms with Gasteiger partial charge in [0, 0.05) is 17.4 Å². The maximum absolute atomic E-state index is 9.26. The van der Waals surface area contributed by atoms with Crippen LogP contribution in [0.25, 0.3) is 0 Å². The summed E-state index contributed by atoms with van der Waals surface area (Å²) in [4.78, 5) is 7.19. The average Bonchev–Trinajstić information content (AvgIpc) is 2.61. The first-order valence-corrected chi connectivity index (χ1v) is 4.77. The van der Waals surface area contributed by atoms with Gasteiger partial charge in [0.1, 0.15) is 5.75 Å². The molecule has 0 spiro atoms. The van der Waals surface area contributed by atoms with Crippen LogP contribution in [0.5, 0.6) is 5.75 Å². The van der Waals surface area contributed by atoms with Gasteiger partial charge in [-0.1, -0.05) is 6.07 Å². The van der Waals surface area contributed by atoms with E-state index in [4.69, 9.17) is 0 Å². The number of benzene rings is 1. The summed E-state index contributed by atoms with van der Waals surface area (Å²) in [5.74, 6) is 0.263. The Balaban J connectivity index is 2.02. The van der Waals surface area contributed by atoms with Gasteiger partial charge in [0.25, 0.3) is 0 Å². The summed E-state index contributed by atoms with van der Waals surface area (Å²) in [6.45, 7) is 2.63. The Morgan fingerprint density at radius 1 is 1.47 bits per heavy atom. The van der Waals surface area contributed by atoms with Crippen molar-refractivity contribution in [2.75, 3.05) is 5.32 Å². The zero-order valence-electron chi connectivity index (χ0n) is 8.49. The van der Waals surface area contributed by atoms with Crippen molar-refractivity contribution in [1.29, 1.82) is 0 Å². The van der Waals surface area contributed by atoms with Gasteiger partial charge < -0.3 is 15.4 Å². The number of phenolic OH excluding ortho intramolecular Hbond substituents is 1. The van der Waals surface area contributed by atoms with Crippen LogP contribution < -0.4 is 5.32 Å². The zero-order chi connectivity index (χ0) is 10.7. The van der Waals surface area contributed by atoms with E-state index < -0.39 is 0 Å². The molecule has 1 aromatic carbocycles. The van der Waals surface area contributed by atoms with Crippen molar-refractivity contribution in [2.45, 2.75) is 13.5 Å². The summed E-state index contributed by atoms with van der Waals surface area (Å²) < 4.78 is 0. The number of nitrogens with one attached hydrogen (secondary N) is 2. The first-order chi connectivity index (χ1) is 7.25. The Kier molecular flexibility index (Phi) is 2.58. The molecule has 0 amide bonds. The van der Waals surface area contributed by atoms with Crippen LogP contribution >= 0.6 is 0 Å². The molecule has 0 saturated heterocycles. The molecule has 2 rings (SSSR count). The number of aromatic nitrogens is 2. The molecule has 3 N–H and O–H groups in total. The molecule has 1 heterocycles. The summed E-state index contributed by atoms with van der Waals surface area (Å²) in [6, 6.07) is 7.03. The van der Waals surface area contributed by atoms with E-state index in [1.54, 1.807) is 24.5 Å². The molecule has 0 aliphatic carbocycles. The minimum Gasteiger partial charge on any atom is -0.508 e. The smallest absolute Gasteiger partial charge is 0.117 e. The highest BCUT2D eigenvalue weighted by molar-refractivity contribution is 5.47. The van der Waals surface area contributed by atoms with Gasteiger partial charge in [-0.25, -0.2) is 4.98 Å². The van der Waals surface area contributed by atoms with Crippen LogP contribution in [0.3, 0.4) is 0 Å². The van der Waals surface area contributed by atoms with Gasteiger partial charge in [0.15, 0.2) is 0 Å². The maximum Gasteiger partial charge on any atom is 0.117 e. The lowest BCUT2D eigenvalue weighted by atomic mass is 10.3. The summed E-state index contributed by atoms with van der Waals surface area (Å²) in [7, 11) is 0. The summed E-state index contributed by atoms with van der Waals surface area (Å²) in [6.07, 6.45) is 1.68. The van der Waals surface area contributed by atoms with Crippen LogP contribution in [0.15, 0.2) is 30.6 Å². The monoisotopic (exact) mass is 203 g/mol. The third kappa shape index (κ3) is 2.28. The second-order valence-electron chi connectivity index (χ2n) is 3.38. The van der Waals surface area contributed by atoms with E-state index in [0.717, 1.165) is 17.1 Å². The number of aryl methyl sites for hydroxylation is 1. The van der Waals surface area contributed by atoms with E-state index in [-0.39, 0.29) is 5.75 Å². The van der Waals surface area contributed by atoms with Crippen LogP contribution in [0.4, 0.5) is 5.69 Å². The summed E-state index contributed by atoms with van der Waals surface area (Å²) >= 11 is 0. The van der Waals surface area contributed by atoms with Crippen LogP contribution in [0, 0.1) is 6.92 Å². The minimum absolute atomic E-state index is 0.263.